The van der Waals surface area contributed by atoms with Crippen LogP contribution < -0.4 is 4.74 Å². The quantitative estimate of drug-likeness (QED) is 0.849. The molecule has 1 aromatic carbocycles. The molecule has 0 saturated carbocycles. The van der Waals surface area contributed by atoms with Crippen LogP contribution in [-0.4, -0.2) is 43.3 Å². The highest BCUT2D eigenvalue weighted by molar-refractivity contribution is 5.50. The van der Waals surface area contributed by atoms with Gasteiger partial charge >= 0.3 is 0 Å². The van der Waals surface area contributed by atoms with Gasteiger partial charge in [-0.15, -0.1) is 0 Å². The van der Waals surface area contributed by atoms with Crippen molar-refractivity contribution in [1.29, 1.82) is 0 Å². The minimum atomic E-state index is 0.120. The second kappa shape index (κ2) is 7.90. The van der Waals surface area contributed by atoms with Crippen LogP contribution in [0.3, 0.4) is 0 Å². The largest absolute Gasteiger partial charge is 0.481 e. The third-order valence-electron chi connectivity index (χ3n) is 3.97. The first-order valence-electron chi connectivity index (χ1n) is 7.93. The Morgan fingerprint density at radius 2 is 1.87 bits per heavy atom. The Morgan fingerprint density at radius 3 is 2.61 bits per heavy atom. The molecule has 4 heteroatoms. The Bertz CT molecular complexity index is 637. The van der Waals surface area contributed by atoms with Crippen molar-refractivity contribution in [3.05, 3.63) is 65.9 Å². The lowest BCUT2D eigenvalue weighted by molar-refractivity contribution is 0.0247. The highest BCUT2D eigenvalue weighted by Gasteiger charge is 2.21. The first-order chi connectivity index (χ1) is 11.4. The molecule has 1 saturated heterocycles. The van der Waals surface area contributed by atoms with Crippen molar-refractivity contribution in [2.45, 2.75) is 6.04 Å². The van der Waals surface area contributed by atoms with E-state index in [9.17, 15) is 0 Å². The van der Waals surface area contributed by atoms with E-state index >= 15 is 0 Å². The summed E-state index contributed by atoms with van der Waals surface area (Å²) in [7, 11) is 1.65. The zero-order chi connectivity index (χ0) is 15.9. The van der Waals surface area contributed by atoms with Crippen molar-refractivity contribution in [2.75, 3.05) is 33.4 Å². The van der Waals surface area contributed by atoms with Gasteiger partial charge in [0.05, 0.1) is 32.1 Å². The molecule has 0 bridgehead atoms. The third kappa shape index (κ3) is 4.18. The smallest absolute Gasteiger partial charge is 0.213 e. The van der Waals surface area contributed by atoms with E-state index in [0.29, 0.717) is 5.88 Å². The van der Waals surface area contributed by atoms with Crippen LogP contribution in [0.1, 0.15) is 17.3 Å². The lowest BCUT2D eigenvalue weighted by Gasteiger charge is -2.32. The summed E-state index contributed by atoms with van der Waals surface area (Å²) >= 11 is 0. The molecule has 23 heavy (non-hydrogen) atoms. The molecule has 2 aromatic rings. The van der Waals surface area contributed by atoms with Gasteiger partial charge in [-0.25, -0.2) is 4.98 Å². The molecule has 1 atom stereocenters. The standard InChI is InChI=1S/C19H22N2O2/c1-22-19-9-5-8-17(20-19)18(21-12-14-23-15-13-21)11-10-16-6-3-2-4-7-16/h2-11,18H,12-15H2,1H3/b11-10+. The summed E-state index contributed by atoms with van der Waals surface area (Å²) in [5, 5.41) is 0. The summed E-state index contributed by atoms with van der Waals surface area (Å²) in [6.07, 6.45) is 4.36. The number of morpholine rings is 1. The number of methoxy groups -OCH3 is 1. The maximum Gasteiger partial charge on any atom is 0.213 e. The number of pyridine rings is 1. The van der Waals surface area contributed by atoms with Crippen molar-refractivity contribution in [2.24, 2.45) is 0 Å². The number of hydrogen-bond acceptors (Lipinski definition) is 4. The van der Waals surface area contributed by atoms with E-state index in [1.54, 1.807) is 7.11 Å². The van der Waals surface area contributed by atoms with Crippen molar-refractivity contribution < 1.29 is 9.47 Å². The van der Waals surface area contributed by atoms with Gasteiger partial charge in [0.25, 0.3) is 0 Å². The van der Waals surface area contributed by atoms with Crippen molar-refractivity contribution in [1.82, 2.24) is 9.88 Å². The minimum Gasteiger partial charge on any atom is -0.481 e. The third-order valence-corrected chi connectivity index (χ3v) is 3.97. The first kappa shape index (κ1) is 15.7. The monoisotopic (exact) mass is 310 g/mol. The maximum atomic E-state index is 5.48. The van der Waals surface area contributed by atoms with E-state index < -0.39 is 0 Å². The molecule has 1 aliphatic rings. The molecule has 2 heterocycles. The van der Waals surface area contributed by atoms with Crippen LogP contribution in [-0.2, 0) is 4.74 Å². The summed E-state index contributed by atoms with van der Waals surface area (Å²) in [6, 6.07) is 16.4. The number of benzene rings is 1. The van der Waals surface area contributed by atoms with Gasteiger partial charge in [0.1, 0.15) is 0 Å². The van der Waals surface area contributed by atoms with E-state index in [1.807, 2.05) is 30.3 Å². The fourth-order valence-corrected chi connectivity index (χ4v) is 2.74. The lowest BCUT2D eigenvalue weighted by Crippen LogP contribution is -2.38. The van der Waals surface area contributed by atoms with E-state index in [0.717, 1.165) is 32.0 Å². The number of hydrogen-bond donors (Lipinski definition) is 0. The highest BCUT2D eigenvalue weighted by Crippen LogP contribution is 2.24. The van der Waals surface area contributed by atoms with Gasteiger partial charge in [-0.05, 0) is 11.6 Å². The van der Waals surface area contributed by atoms with Gasteiger partial charge < -0.3 is 9.47 Å². The van der Waals surface area contributed by atoms with Crippen LogP contribution >= 0.6 is 0 Å². The number of ether oxygens (including phenoxy) is 2. The normalized spacial score (nSPS) is 17.3. The maximum absolute atomic E-state index is 5.48. The van der Waals surface area contributed by atoms with Gasteiger partial charge in [0, 0.05) is 19.2 Å². The molecule has 0 radical (unpaired) electrons. The molecule has 1 unspecified atom stereocenters. The van der Waals surface area contributed by atoms with Gasteiger partial charge in [-0.3, -0.25) is 4.90 Å². The lowest BCUT2D eigenvalue weighted by atomic mass is 10.1. The van der Waals surface area contributed by atoms with E-state index in [-0.39, 0.29) is 6.04 Å². The second-order valence-corrected chi connectivity index (χ2v) is 5.47. The average Bonchev–Trinajstić information content (AvgIpc) is 2.64. The Morgan fingerprint density at radius 1 is 1.09 bits per heavy atom. The summed E-state index contributed by atoms with van der Waals surface area (Å²) in [5.41, 5.74) is 2.19. The average molecular weight is 310 g/mol. The zero-order valence-electron chi connectivity index (χ0n) is 13.4. The molecule has 1 aromatic heterocycles. The van der Waals surface area contributed by atoms with E-state index in [2.05, 4.69) is 40.2 Å². The first-order valence-corrected chi connectivity index (χ1v) is 7.93. The van der Waals surface area contributed by atoms with Crippen molar-refractivity contribution >= 4 is 6.08 Å². The van der Waals surface area contributed by atoms with E-state index in [1.165, 1.54) is 5.56 Å². The van der Waals surface area contributed by atoms with Crippen LogP contribution in [0.4, 0.5) is 0 Å². The van der Waals surface area contributed by atoms with Crippen molar-refractivity contribution in [3.63, 3.8) is 0 Å². The van der Waals surface area contributed by atoms with Gasteiger partial charge in [0.2, 0.25) is 5.88 Å². The van der Waals surface area contributed by atoms with Crippen LogP contribution in [0.25, 0.3) is 6.08 Å². The van der Waals surface area contributed by atoms with Crippen LogP contribution in [0, 0.1) is 0 Å². The molecule has 0 aliphatic carbocycles. The predicted octanol–water partition coefficient (Wildman–Crippen LogP) is 3.18. The van der Waals surface area contributed by atoms with Crippen LogP contribution in [0.15, 0.2) is 54.6 Å². The molecule has 1 aliphatic heterocycles. The zero-order valence-corrected chi connectivity index (χ0v) is 13.4. The van der Waals surface area contributed by atoms with Crippen molar-refractivity contribution in [3.8, 4) is 5.88 Å². The molecule has 120 valence electrons. The summed E-state index contributed by atoms with van der Waals surface area (Å²) in [4.78, 5) is 7.02. The Labute approximate surface area is 137 Å². The topological polar surface area (TPSA) is 34.6 Å². The molecule has 0 N–H and O–H groups in total. The SMILES string of the molecule is COc1cccc(C(/C=C/c2ccccc2)N2CCOCC2)n1. The molecule has 0 spiro atoms. The summed E-state index contributed by atoms with van der Waals surface area (Å²) < 4.78 is 10.8. The molecular formula is C19H22N2O2. The molecule has 0 amide bonds. The molecule has 4 nitrogen and oxygen atoms in total. The van der Waals surface area contributed by atoms with Gasteiger partial charge in [0.15, 0.2) is 0 Å². The Balaban J connectivity index is 1.87. The fraction of sp³-hybridized carbons (Fsp3) is 0.316. The summed E-state index contributed by atoms with van der Waals surface area (Å²) in [6.45, 7) is 3.34. The predicted molar refractivity (Wildman–Crippen MR) is 91.4 cm³/mol. The highest BCUT2D eigenvalue weighted by atomic mass is 16.5. The Hall–Kier alpha value is -2.17. The molecule has 3 rings (SSSR count). The van der Waals surface area contributed by atoms with Crippen LogP contribution in [0.5, 0.6) is 5.88 Å². The Kier molecular flexibility index (Phi) is 5.40. The number of nitrogens with zero attached hydrogens (tertiary/aromatic N) is 2. The molecular weight excluding hydrogens is 288 g/mol. The van der Waals surface area contributed by atoms with Gasteiger partial charge in [-0.2, -0.15) is 0 Å². The van der Waals surface area contributed by atoms with Gasteiger partial charge in [-0.1, -0.05) is 48.6 Å². The van der Waals surface area contributed by atoms with Crippen LogP contribution in [0.2, 0.25) is 0 Å². The molecule has 1 fully saturated rings. The summed E-state index contributed by atoms with van der Waals surface area (Å²) in [5.74, 6) is 0.647. The second-order valence-electron chi connectivity index (χ2n) is 5.47. The minimum absolute atomic E-state index is 0.120. The van der Waals surface area contributed by atoms with E-state index in [4.69, 9.17) is 9.47 Å². The number of aromatic nitrogens is 1. The number of rotatable bonds is 5. The fourth-order valence-electron chi connectivity index (χ4n) is 2.74.